The lowest BCUT2D eigenvalue weighted by atomic mass is 9.63. The average Bonchev–Trinajstić information content (AvgIpc) is 2.75. The number of fused-ring (bicyclic) bond motifs is 1. The van der Waals surface area contributed by atoms with Crippen molar-refractivity contribution in [1.29, 1.82) is 0 Å². The summed E-state index contributed by atoms with van der Waals surface area (Å²) >= 11 is 0. The van der Waals surface area contributed by atoms with Crippen LogP contribution in [0.2, 0.25) is 0 Å². The van der Waals surface area contributed by atoms with Crippen molar-refractivity contribution in [3.63, 3.8) is 0 Å². The van der Waals surface area contributed by atoms with Gasteiger partial charge in [0.25, 0.3) is 0 Å². The molecule has 0 aromatic heterocycles. The minimum Gasteiger partial charge on any atom is -0.242 e. The fourth-order valence-corrected chi connectivity index (χ4v) is 12.0. The first-order valence-electron chi connectivity index (χ1n) is 14.3. The van der Waals surface area contributed by atoms with Crippen LogP contribution in [0.1, 0.15) is 131 Å². The third-order valence-corrected chi connectivity index (χ3v) is 13.5. The summed E-state index contributed by atoms with van der Waals surface area (Å²) in [5, 5.41) is 1.71. The Morgan fingerprint density at radius 1 is 0.789 bits per heavy atom. The second-order valence-electron chi connectivity index (χ2n) is 15.6. The minimum absolute atomic E-state index is 0.0907. The summed E-state index contributed by atoms with van der Waals surface area (Å²) in [4.78, 5) is 0. The fourth-order valence-electron chi connectivity index (χ4n) is 6.54. The van der Waals surface area contributed by atoms with Crippen molar-refractivity contribution < 1.29 is 4.21 Å². The zero-order valence-corrected chi connectivity index (χ0v) is 28.5. The summed E-state index contributed by atoms with van der Waals surface area (Å²) in [5.41, 5.74) is 5.77. The van der Waals surface area contributed by atoms with Gasteiger partial charge in [0.05, 0.1) is 10.8 Å². The van der Waals surface area contributed by atoms with Gasteiger partial charge in [-0.3, -0.25) is 0 Å². The van der Waals surface area contributed by atoms with E-state index in [1.807, 2.05) is 0 Å². The molecule has 2 nitrogen and oxygen atoms in total. The predicted octanol–water partition coefficient (Wildman–Crippen LogP) is 9.22. The Bertz CT molecular complexity index is 1160. The molecule has 0 saturated heterocycles. The van der Waals surface area contributed by atoms with Crippen molar-refractivity contribution in [3.05, 3.63) is 64.7 Å². The van der Waals surface area contributed by atoms with E-state index < -0.39 is 18.9 Å². The molecule has 0 unspecified atom stereocenters. The molecule has 38 heavy (non-hydrogen) atoms. The van der Waals surface area contributed by atoms with Crippen LogP contribution in [0.25, 0.3) is 0 Å². The van der Waals surface area contributed by atoms with E-state index in [-0.39, 0.29) is 31.9 Å². The van der Waals surface area contributed by atoms with E-state index in [0.717, 1.165) is 0 Å². The standard InChI is InChI=1S/C34H54NOPS/c1-30(2,3)37(31(4,5)6)28-18-16-15-17-25(28)29(35(14)38(36)32(7,8)9)24-19-20-26-27(23-24)34(12,13)22-21-33(26,10)11/h15-20,23,29H,21-22H2,1-14H3/t29-,38+/m0/s1. The molecule has 1 aliphatic carbocycles. The Morgan fingerprint density at radius 3 is 1.79 bits per heavy atom. The van der Waals surface area contributed by atoms with Crippen LogP contribution in [0.5, 0.6) is 0 Å². The Labute approximate surface area is 238 Å². The molecule has 3 rings (SSSR count). The van der Waals surface area contributed by atoms with Gasteiger partial charge in [0.1, 0.15) is 11.0 Å². The average molecular weight is 556 g/mol. The lowest BCUT2D eigenvalue weighted by molar-refractivity contribution is 0.330. The lowest BCUT2D eigenvalue weighted by Gasteiger charge is -2.45. The molecule has 2 aromatic carbocycles. The van der Waals surface area contributed by atoms with Gasteiger partial charge in [-0.2, -0.15) is 0 Å². The van der Waals surface area contributed by atoms with Gasteiger partial charge < -0.3 is 0 Å². The topological polar surface area (TPSA) is 20.3 Å². The third kappa shape index (κ3) is 6.31. The van der Waals surface area contributed by atoms with Crippen molar-refractivity contribution in [2.75, 3.05) is 7.05 Å². The summed E-state index contributed by atoms with van der Waals surface area (Å²) in [5.74, 6) is 0. The highest BCUT2D eigenvalue weighted by Crippen LogP contribution is 2.59. The summed E-state index contributed by atoms with van der Waals surface area (Å²) in [6.45, 7) is 30.1. The normalized spacial score (nSPS) is 19.4. The van der Waals surface area contributed by atoms with E-state index in [2.05, 4.69) is 144 Å². The van der Waals surface area contributed by atoms with Crippen LogP contribution in [0.15, 0.2) is 42.5 Å². The molecule has 2 aromatic rings. The van der Waals surface area contributed by atoms with Crippen LogP contribution in [-0.4, -0.2) is 30.6 Å². The van der Waals surface area contributed by atoms with E-state index in [0.29, 0.717) is 0 Å². The van der Waals surface area contributed by atoms with E-state index >= 15 is 0 Å². The Balaban J connectivity index is 2.35. The zero-order chi connectivity index (χ0) is 29.1. The van der Waals surface area contributed by atoms with Crippen molar-refractivity contribution in [1.82, 2.24) is 4.31 Å². The summed E-state index contributed by atoms with van der Waals surface area (Å²) < 4.78 is 15.8. The largest absolute Gasteiger partial charge is 0.242 e. The van der Waals surface area contributed by atoms with E-state index in [1.165, 1.54) is 40.4 Å². The summed E-state index contributed by atoms with van der Waals surface area (Å²) in [6.07, 6.45) is 2.38. The first-order valence-corrected chi connectivity index (χ1v) is 16.7. The molecule has 0 radical (unpaired) electrons. The molecule has 2 atom stereocenters. The van der Waals surface area contributed by atoms with Crippen molar-refractivity contribution >= 4 is 24.2 Å². The molecular formula is C34H54NOPS. The van der Waals surface area contributed by atoms with Crippen LogP contribution >= 0.6 is 7.92 Å². The molecule has 212 valence electrons. The smallest absolute Gasteiger partial charge is 0.100 e. The molecule has 0 N–H and O–H groups in total. The highest BCUT2D eigenvalue weighted by atomic mass is 32.2. The number of benzene rings is 2. The third-order valence-electron chi connectivity index (χ3n) is 8.16. The fraction of sp³-hybridized carbons (Fsp3) is 0.647. The molecule has 1 aliphatic rings. The van der Waals surface area contributed by atoms with Crippen LogP contribution < -0.4 is 5.30 Å². The molecule has 0 saturated carbocycles. The van der Waals surface area contributed by atoms with Crippen molar-refractivity contribution in [2.24, 2.45) is 0 Å². The maximum atomic E-state index is 14.0. The predicted molar refractivity (Wildman–Crippen MR) is 172 cm³/mol. The maximum absolute atomic E-state index is 14.0. The van der Waals surface area contributed by atoms with Gasteiger partial charge in [-0.05, 0) is 82.3 Å². The lowest BCUT2D eigenvalue weighted by Crippen LogP contribution is -2.41. The van der Waals surface area contributed by atoms with Crippen molar-refractivity contribution in [2.45, 2.75) is 135 Å². The first-order chi connectivity index (χ1) is 17.1. The van der Waals surface area contributed by atoms with Gasteiger partial charge in [0, 0.05) is 7.05 Å². The monoisotopic (exact) mass is 555 g/mol. The molecule has 0 heterocycles. The van der Waals surface area contributed by atoms with E-state index in [9.17, 15) is 4.21 Å². The van der Waals surface area contributed by atoms with Crippen LogP contribution in [0.4, 0.5) is 0 Å². The molecule has 0 amide bonds. The number of hydrogen-bond donors (Lipinski definition) is 0. The second kappa shape index (κ2) is 10.4. The molecule has 0 bridgehead atoms. The molecule has 0 fully saturated rings. The van der Waals surface area contributed by atoms with Gasteiger partial charge >= 0.3 is 0 Å². The Hall–Kier alpha value is -1.02. The van der Waals surface area contributed by atoms with E-state index in [1.54, 1.807) is 0 Å². The SMILES string of the molecule is CN([C@@H](c1ccc2c(c1)C(C)(C)CCC2(C)C)c1ccccc1P(C(C)(C)C)C(C)(C)C)[S@](=O)C(C)(C)C. The minimum atomic E-state index is -1.17. The molecular weight excluding hydrogens is 501 g/mol. The Morgan fingerprint density at radius 2 is 1.29 bits per heavy atom. The molecule has 0 spiro atoms. The van der Waals surface area contributed by atoms with E-state index in [4.69, 9.17) is 0 Å². The zero-order valence-electron chi connectivity index (χ0n) is 26.7. The Kier molecular flexibility index (Phi) is 8.64. The van der Waals surface area contributed by atoms with Gasteiger partial charge in [-0.25, -0.2) is 8.51 Å². The highest BCUT2D eigenvalue weighted by molar-refractivity contribution is 7.84. The van der Waals surface area contributed by atoms with Gasteiger partial charge in [-0.1, -0.05) is 120 Å². The summed E-state index contributed by atoms with van der Waals surface area (Å²) in [7, 11) is 0.368. The van der Waals surface area contributed by atoms with Crippen LogP contribution in [-0.2, 0) is 21.8 Å². The summed E-state index contributed by atoms with van der Waals surface area (Å²) in [6, 6.07) is 16.1. The van der Waals surface area contributed by atoms with Gasteiger partial charge in [0.15, 0.2) is 0 Å². The second-order valence-corrected chi connectivity index (χ2v) is 21.8. The number of nitrogens with zero attached hydrogens (tertiary/aromatic N) is 1. The highest BCUT2D eigenvalue weighted by Gasteiger charge is 2.41. The van der Waals surface area contributed by atoms with Gasteiger partial charge in [-0.15, -0.1) is 0 Å². The maximum Gasteiger partial charge on any atom is 0.100 e. The first kappa shape index (κ1) is 31.5. The quantitative estimate of drug-likeness (QED) is 0.337. The molecule has 0 aliphatic heterocycles. The van der Waals surface area contributed by atoms with Crippen LogP contribution in [0, 0.1) is 0 Å². The number of hydrogen-bond acceptors (Lipinski definition) is 1. The number of rotatable bonds is 5. The van der Waals surface area contributed by atoms with Crippen molar-refractivity contribution in [3.8, 4) is 0 Å². The molecule has 4 heteroatoms. The van der Waals surface area contributed by atoms with Crippen LogP contribution in [0.3, 0.4) is 0 Å². The van der Waals surface area contributed by atoms with Gasteiger partial charge in [0.2, 0.25) is 0 Å².